The lowest BCUT2D eigenvalue weighted by atomic mass is 9.90. The van der Waals surface area contributed by atoms with Gasteiger partial charge < -0.3 is 20.8 Å². The van der Waals surface area contributed by atoms with E-state index < -0.39 is 0 Å². The number of hydrogen-bond acceptors (Lipinski definition) is 4. The van der Waals surface area contributed by atoms with Crippen molar-refractivity contribution in [3.05, 3.63) is 95.1 Å². The summed E-state index contributed by atoms with van der Waals surface area (Å²) in [6, 6.07) is 19.1. The zero-order valence-electron chi connectivity index (χ0n) is 40.3. The molecule has 0 aliphatic carbocycles. The van der Waals surface area contributed by atoms with Crippen molar-refractivity contribution in [1.82, 2.24) is 10.6 Å². The first-order valence-corrected chi connectivity index (χ1v) is 26.1. The summed E-state index contributed by atoms with van der Waals surface area (Å²) in [4.78, 5) is 27.0. The highest BCUT2D eigenvalue weighted by atomic mass is 16.3. The summed E-state index contributed by atoms with van der Waals surface area (Å²) in [6.45, 7) is 10.1. The molecule has 352 valence electrons. The number of benzene rings is 4. The van der Waals surface area contributed by atoms with Crippen LogP contribution in [0.4, 0.5) is 0 Å². The summed E-state index contributed by atoms with van der Waals surface area (Å²) in [5, 5.41) is 32.9. The summed E-state index contributed by atoms with van der Waals surface area (Å²) in [5.74, 6) is -0.629. The molecular formula is C58H86N2O4. The van der Waals surface area contributed by atoms with Crippen LogP contribution in [0.15, 0.2) is 72.8 Å². The Morgan fingerprint density at radius 3 is 1.03 bits per heavy atom. The molecule has 4 aromatic rings. The van der Waals surface area contributed by atoms with E-state index in [0.29, 0.717) is 37.1 Å². The van der Waals surface area contributed by atoms with Crippen LogP contribution in [0, 0.1) is 0 Å². The Kier molecular flexibility index (Phi) is 25.8. The van der Waals surface area contributed by atoms with Gasteiger partial charge in [-0.1, -0.05) is 241 Å². The molecule has 0 saturated carbocycles. The minimum Gasteiger partial charge on any atom is -0.507 e. The molecule has 0 fully saturated rings. The van der Waals surface area contributed by atoms with Gasteiger partial charge in [0.1, 0.15) is 11.5 Å². The number of aromatic hydroxyl groups is 2. The minimum atomic E-state index is -0.277. The fraction of sp³-hybridized carbons (Fsp3) is 0.586. The van der Waals surface area contributed by atoms with E-state index in [-0.39, 0.29) is 34.4 Å². The largest absolute Gasteiger partial charge is 0.507 e. The summed E-state index contributed by atoms with van der Waals surface area (Å²) >= 11 is 0. The van der Waals surface area contributed by atoms with Crippen molar-refractivity contribution in [3.8, 4) is 11.5 Å². The molecule has 2 amide bonds. The molecule has 4 rings (SSSR count). The second-order valence-corrected chi connectivity index (χ2v) is 18.8. The molecule has 0 spiro atoms. The Hall–Kier alpha value is -4.32. The number of hydrogen-bond donors (Lipinski definition) is 4. The fourth-order valence-corrected chi connectivity index (χ4v) is 9.32. The molecule has 0 aromatic heterocycles. The van der Waals surface area contributed by atoms with Gasteiger partial charge in [0.2, 0.25) is 0 Å². The standard InChI is InChI=1S/C58H86N2O4/c1-4-6-8-10-12-14-16-18-20-22-24-26-28-34-40-59-57(63)53-44-47-36-30-32-38-49(47)51(55(53)61)42-46(3)43-52-50-39-33-31-37-48(50)45-54(56(52)62)58(64)60-41-35-29-27-25-23-21-19-17-15-13-11-9-7-5-2/h30-33,36-39,44-45,61-62H,3-29,34-35,40-43H2,1-2H3,(H,59,63)(H,60,64). The second kappa shape index (κ2) is 31.5. The molecule has 0 heterocycles. The van der Waals surface area contributed by atoms with Gasteiger partial charge in [-0.15, -0.1) is 0 Å². The Morgan fingerprint density at radius 2 is 0.719 bits per heavy atom. The summed E-state index contributed by atoms with van der Waals surface area (Å²) in [6.07, 6.45) is 36.5. The van der Waals surface area contributed by atoms with Crippen molar-refractivity contribution in [2.75, 3.05) is 13.1 Å². The molecule has 0 aliphatic heterocycles. The molecule has 6 heteroatoms. The van der Waals surface area contributed by atoms with E-state index in [1.807, 2.05) is 48.5 Å². The molecule has 0 aliphatic rings. The predicted molar refractivity (Wildman–Crippen MR) is 273 cm³/mol. The van der Waals surface area contributed by atoms with Crippen molar-refractivity contribution in [2.24, 2.45) is 0 Å². The van der Waals surface area contributed by atoms with Crippen molar-refractivity contribution >= 4 is 33.4 Å². The molecule has 0 radical (unpaired) electrons. The topological polar surface area (TPSA) is 98.7 Å². The van der Waals surface area contributed by atoms with Crippen molar-refractivity contribution in [2.45, 2.75) is 206 Å². The van der Waals surface area contributed by atoms with Gasteiger partial charge in [-0.25, -0.2) is 0 Å². The minimum absolute atomic E-state index is 0.0379. The predicted octanol–water partition coefficient (Wildman–Crippen LogP) is 16.2. The number of unbranched alkanes of at least 4 members (excludes halogenated alkanes) is 26. The molecule has 0 bridgehead atoms. The van der Waals surface area contributed by atoms with Crippen molar-refractivity contribution < 1.29 is 19.8 Å². The molecule has 4 N–H and O–H groups in total. The van der Waals surface area contributed by atoms with Crippen LogP contribution < -0.4 is 10.6 Å². The van der Waals surface area contributed by atoms with Gasteiger partial charge in [-0.2, -0.15) is 0 Å². The maximum Gasteiger partial charge on any atom is 0.255 e. The smallest absolute Gasteiger partial charge is 0.255 e. The van der Waals surface area contributed by atoms with Crippen LogP contribution in [0.5, 0.6) is 11.5 Å². The number of allylic oxidation sites excluding steroid dienone is 1. The average Bonchev–Trinajstić information content (AvgIpc) is 3.30. The highest BCUT2D eigenvalue weighted by Crippen LogP contribution is 2.37. The molecule has 64 heavy (non-hydrogen) atoms. The van der Waals surface area contributed by atoms with Crippen LogP contribution in [0.25, 0.3) is 21.5 Å². The lowest BCUT2D eigenvalue weighted by molar-refractivity contribution is 0.0941. The molecule has 0 atom stereocenters. The third-order valence-electron chi connectivity index (χ3n) is 13.2. The van der Waals surface area contributed by atoms with Crippen molar-refractivity contribution in [1.29, 1.82) is 0 Å². The van der Waals surface area contributed by atoms with Crippen LogP contribution in [-0.4, -0.2) is 35.1 Å². The molecule has 0 saturated heterocycles. The number of nitrogens with one attached hydrogen (secondary N) is 2. The maximum absolute atomic E-state index is 13.5. The quantitative estimate of drug-likeness (QED) is 0.0270. The number of amides is 2. The second-order valence-electron chi connectivity index (χ2n) is 18.8. The lowest BCUT2D eigenvalue weighted by Gasteiger charge is -2.17. The van der Waals surface area contributed by atoms with Crippen LogP contribution >= 0.6 is 0 Å². The van der Waals surface area contributed by atoms with Crippen LogP contribution in [0.1, 0.15) is 225 Å². The Balaban J connectivity index is 1.25. The Morgan fingerprint density at radius 1 is 0.438 bits per heavy atom. The highest BCUT2D eigenvalue weighted by molar-refractivity contribution is 6.04. The van der Waals surface area contributed by atoms with Gasteiger partial charge in [0.15, 0.2) is 0 Å². The van der Waals surface area contributed by atoms with E-state index in [9.17, 15) is 19.8 Å². The first kappa shape index (κ1) is 52.3. The molecule has 0 unspecified atom stereocenters. The van der Waals surface area contributed by atoms with Gasteiger partial charge in [0.25, 0.3) is 11.8 Å². The van der Waals surface area contributed by atoms with Gasteiger partial charge >= 0.3 is 0 Å². The van der Waals surface area contributed by atoms with Gasteiger partial charge in [-0.3, -0.25) is 9.59 Å². The average molecular weight is 875 g/mol. The van der Waals surface area contributed by atoms with Crippen LogP contribution in [-0.2, 0) is 12.8 Å². The first-order chi connectivity index (χ1) is 31.3. The van der Waals surface area contributed by atoms with Crippen molar-refractivity contribution in [3.63, 3.8) is 0 Å². The third-order valence-corrected chi connectivity index (χ3v) is 13.2. The van der Waals surface area contributed by atoms with E-state index in [4.69, 9.17) is 0 Å². The van der Waals surface area contributed by atoms with Crippen LogP contribution in [0.2, 0.25) is 0 Å². The summed E-state index contributed by atoms with van der Waals surface area (Å²) in [7, 11) is 0. The maximum atomic E-state index is 13.5. The third kappa shape index (κ3) is 18.6. The normalized spacial score (nSPS) is 11.4. The molecular weight excluding hydrogens is 789 g/mol. The van der Waals surface area contributed by atoms with E-state index in [1.165, 1.54) is 154 Å². The van der Waals surface area contributed by atoms with E-state index >= 15 is 0 Å². The van der Waals surface area contributed by atoms with Gasteiger partial charge in [-0.05, 0) is 59.4 Å². The molecule has 6 nitrogen and oxygen atoms in total. The number of carbonyl (C=O) groups excluding carboxylic acids is 2. The zero-order chi connectivity index (χ0) is 45.6. The van der Waals surface area contributed by atoms with E-state index in [0.717, 1.165) is 52.8 Å². The van der Waals surface area contributed by atoms with E-state index in [2.05, 4.69) is 31.1 Å². The number of carbonyl (C=O) groups is 2. The van der Waals surface area contributed by atoms with E-state index in [1.54, 1.807) is 12.1 Å². The monoisotopic (exact) mass is 875 g/mol. The van der Waals surface area contributed by atoms with Crippen LogP contribution in [0.3, 0.4) is 0 Å². The summed E-state index contributed by atoms with van der Waals surface area (Å²) < 4.78 is 0. The number of rotatable bonds is 36. The SMILES string of the molecule is C=C(Cc1c(O)c(C(=O)NCCCCCCCCCCCCCCCC)cc2ccccc12)Cc1c(O)c(C(=O)NCCCCCCCCCCCCCCCC)cc2ccccc12. The number of phenolic OH excluding ortho intramolecular Hbond substituents is 2. The highest BCUT2D eigenvalue weighted by Gasteiger charge is 2.22. The zero-order valence-corrected chi connectivity index (χ0v) is 40.3. The molecule has 4 aromatic carbocycles. The van der Waals surface area contributed by atoms with Gasteiger partial charge in [0, 0.05) is 24.2 Å². The Labute approximate surface area is 388 Å². The lowest BCUT2D eigenvalue weighted by Crippen LogP contribution is -2.25. The Bertz CT molecular complexity index is 1830. The van der Waals surface area contributed by atoms with Gasteiger partial charge in [0.05, 0.1) is 11.1 Å². The number of phenols is 2. The fourth-order valence-electron chi connectivity index (χ4n) is 9.32. The first-order valence-electron chi connectivity index (χ1n) is 26.1. The summed E-state index contributed by atoms with van der Waals surface area (Å²) in [5.41, 5.74) is 2.54. The number of fused-ring (bicyclic) bond motifs is 2.